The highest BCUT2D eigenvalue weighted by molar-refractivity contribution is 5.88. The van der Waals surface area contributed by atoms with Crippen LogP contribution in [-0.4, -0.2) is 79.0 Å². The van der Waals surface area contributed by atoms with E-state index in [0.717, 1.165) is 52.9 Å². The van der Waals surface area contributed by atoms with Crippen LogP contribution >= 0.6 is 0 Å². The van der Waals surface area contributed by atoms with E-state index in [0.29, 0.717) is 42.3 Å². The number of aromatic amines is 2. The predicted octanol–water partition coefficient (Wildman–Crippen LogP) is 7.57. The number of imidazole rings is 2. The maximum absolute atomic E-state index is 14.0. The lowest BCUT2D eigenvalue weighted by atomic mass is 9.99. The predicted molar refractivity (Wildman–Crippen MR) is 219 cm³/mol. The van der Waals surface area contributed by atoms with Gasteiger partial charge >= 0.3 is 12.2 Å². The summed E-state index contributed by atoms with van der Waals surface area (Å²) in [7, 11) is 1.27. The summed E-state index contributed by atoms with van der Waals surface area (Å²) in [4.78, 5) is 71.7. The quantitative estimate of drug-likeness (QED) is 0.0889. The molecule has 0 bridgehead atoms. The minimum Gasteiger partial charge on any atom is -0.465 e. The molecule has 0 aliphatic carbocycles. The molecule has 59 heavy (non-hydrogen) atoms. The van der Waals surface area contributed by atoms with Gasteiger partial charge in [0.1, 0.15) is 23.7 Å². The van der Waals surface area contributed by atoms with Gasteiger partial charge in [-0.2, -0.15) is 0 Å². The molecule has 4 atom stereocenters. The lowest BCUT2D eigenvalue weighted by Crippen LogP contribution is -2.42. The van der Waals surface area contributed by atoms with Crippen molar-refractivity contribution in [3.05, 3.63) is 144 Å². The summed E-state index contributed by atoms with van der Waals surface area (Å²) in [5.74, 6) is 0.776. The van der Waals surface area contributed by atoms with Crippen LogP contribution in [0.2, 0.25) is 0 Å². The van der Waals surface area contributed by atoms with Crippen molar-refractivity contribution in [1.29, 1.82) is 0 Å². The molecular formula is C45H44N8O6. The highest BCUT2D eigenvalue weighted by atomic mass is 16.5. The highest BCUT2D eigenvalue weighted by Crippen LogP contribution is 2.37. The topological polar surface area (TPSA) is 186 Å². The number of carbonyl (C=O) groups excluding carboxylic acids is 3. The monoisotopic (exact) mass is 792 g/mol. The van der Waals surface area contributed by atoms with E-state index in [1.807, 2.05) is 79.0 Å². The Morgan fingerprint density at radius 1 is 0.712 bits per heavy atom. The summed E-state index contributed by atoms with van der Waals surface area (Å²) in [6.07, 6.45) is 4.67. The van der Waals surface area contributed by atoms with Crippen LogP contribution in [0.1, 0.15) is 72.6 Å². The molecule has 300 valence electrons. The Kier molecular flexibility index (Phi) is 11.2. The third kappa shape index (κ3) is 8.28. The zero-order valence-corrected chi connectivity index (χ0v) is 32.4. The fraction of sp³-hybridized carbons (Fsp3) is 0.244. The van der Waals surface area contributed by atoms with Gasteiger partial charge in [-0.25, -0.2) is 19.6 Å². The molecule has 4 heterocycles. The molecule has 2 aliphatic rings. The van der Waals surface area contributed by atoms with Gasteiger partial charge in [0.25, 0.3) is 11.8 Å². The third-order valence-electron chi connectivity index (χ3n) is 11.0. The standard InChI is InChI=1S/C45H44N8O6/c1-59-45(58)51-39(29-14-6-3-7-15-29)43(55)53-23-11-21-37(53)41-47-27-35(49-41)33-19-9-17-31(25-33)30-16-8-18-32(24-30)34-26-46-40(48-34)36-20-10-22-52(36)42(54)38(50-44(56)57)28-12-4-2-5-13-28/h2-9,12-19,24-27,36-39,50H,10-11,20-23H2,1H3,(H,46,48)(H,47,49)(H,51,58)(H,56,57)/t36-,37-,38+,39+/m0/s1. The van der Waals surface area contributed by atoms with Crippen LogP contribution in [0.15, 0.2) is 122 Å². The fourth-order valence-corrected chi connectivity index (χ4v) is 8.16. The van der Waals surface area contributed by atoms with Crippen molar-refractivity contribution in [2.75, 3.05) is 20.2 Å². The molecule has 14 heteroatoms. The van der Waals surface area contributed by atoms with Gasteiger partial charge < -0.3 is 40.2 Å². The number of benzene rings is 4. The number of nitrogens with zero attached hydrogens (tertiary/aromatic N) is 4. The number of amides is 4. The van der Waals surface area contributed by atoms with E-state index in [1.54, 1.807) is 40.3 Å². The molecule has 8 rings (SSSR count). The number of ether oxygens (including phenoxy) is 1. The Bertz CT molecular complexity index is 2450. The van der Waals surface area contributed by atoms with E-state index in [-0.39, 0.29) is 23.9 Å². The number of H-pyrrole nitrogens is 2. The van der Waals surface area contributed by atoms with Gasteiger partial charge in [-0.15, -0.1) is 0 Å². The normalized spacial score (nSPS) is 17.3. The van der Waals surface area contributed by atoms with Gasteiger partial charge in [-0.3, -0.25) is 9.59 Å². The molecule has 2 aromatic heterocycles. The van der Waals surface area contributed by atoms with Crippen LogP contribution in [0.5, 0.6) is 0 Å². The van der Waals surface area contributed by atoms with Crippen molar-refractivity contribution in [1.82, 2.24) is 40.4 Å². The van der Waals surface area contributed by atoms with Crippen molar-refractivity contribution in [2.45, 2.75) is 49.9 Å². The Labute approximate surface area is 340 Å². The maximum Gasteiger partial charge on any atom is 0.407 e. The molecule has 0 spiro atoms. The number of nitrogens with one attached hydrogen (secondary N) is 4. The molecule has 2 fully saturated rings. The second-order valence-corrected chi connectivity index (χ2v) is 14.7. The number of hydrogen-bond donors (Lipinski definition) is 5. The number of carboxylic acid groups (broad SMARTS) is 1. The second kappa shape index (κ2) is 17.1. The number of methoxy groups -OCH3 is 1. The molecule has 5 N–H and O–H groups in total. The lowest BCUT2D eigenvalue weighted by Gasteiger charge is -2.28. The number of rotatable bonds is 11. The van der Waals surface area contributed by atoms with Crippen molar-refractivity contribution < 1.29 is 29.0 Å². The summed E-state index contributed by atoms with van der Waals surface area (Å²) >= 11 is 0. The Morgan fingerprint density at radius 3 is 1.85 bits per heavy atom. The summed E-state index contributed by atoms with van der Waals surface area (Å²) < 4.78 is 4.84. The van der Waals surface area contributed by atoms with Crippen LogP contribution in [0.25, 0.3) is 33.6 Å². The van der Waals surface area contributed by atoms with E-state index in [4.69, 9.17) is 14.7 Å². The van der Waals surface area contributed by atoms with E-state index in [2.05, 4.69) is 32.7 Å². The molecule has 6 aromatic rings. The number of alkyl carbamates (subject to hydrolysis) is 1. The Morgan fingerprint density at radius 2 is 1.25 bits per heavy atom. The van der Waals surface area contributed by atoms with E-state index in [1.165, 1.54) is 7.11 Å². The van der Waals surface area contributed by atoms with Gasteiger partial charge in [0.15, 0.2) is 0 Å². The molecule has 0 saturated carbocycles. The van der Waals surface area contributed by atoms with Gasteiger partial charge in [0.05, 0.1) is 36.8 Å². The molecule has 2 aliphatic heterocycles. The first kappa shape index (κ1) is 38.6. The molecule has 4 amide bonds. The number of hydrogen-bond acceptors (Lipinski definition) is 7. The van der Waals surface area contributed by atoms with Crippen molar-refractivity contribution in [3.8, 4) is 33.6 Å². The summed E-state index contributed by atoms with van der Waals surface area (Å²) in [6.45, 7) is 1.03. The molecular weight excluding hydrogens is 749 g/mol. The van der Waals surface area contributed by atoms with Crippen molar-refractivity contribution in [2.24, 2.45) is 0 Å². The molecule has 0 radical (unpaired) electrons. The van der Waals surface area contributed by atoms with Crippen LogP contribution in [0, 0.1) is 0 Å². The highest BCUT2D eigenvalue weighted by Gasteiger charge is 2.38. The first-order valence-electron chi connectivity index (χ1n) is 19.6. The van der Waals surface area contributed by atoms with E-state index in [9.17, 15) is 24.3 Å². The zero-order valence-electron chi connectivity index (χ0n) is 32.4. The lowest BCUT2D eigenvalue weighted by molar-refractivity contribution is -0.135. The minimum absolute atomic E-state index is 0.230. The van der Waals surface area contributed by atoms with Crippen LogP contribution in [0.4, 0.5) is 9.59 Å². The van der Waals surface area contributed by atoms with Crippen LogP contribution in [0.3, 0.4) is 0 Å². The first-order chi connectivity index (χ1) is 28.8. The Hall–Kier alpha value is -7.22. The van der Waals surface area contributed by atoms with Crippen molar-refractivity contribution in [3.63, 3.8) is 0 Å². The van der Waals surface area contributed by atoms with E-state index >= 15 is 0 Å². The SMILES string of the molecule is COC(=O)N[C@@H](C(=O)N1CCC[C@H]1c1ncc(-c2cccc(-c3cccc(-c4c[nH]c([C@@H]5CCCN5C(=O)[C@H](NC(=O)O)c5ccccc5)n4)c3)c2)[nH]1)c1ccccc1. The Balaban J connectivity index is 0.988. The number of carbonyl (C=O) groups is 4. The second-order valence-electron chi connectivity index (χ2n) is 14.7. The maximum atomic E-state index is 14.0. The smallest absolute Gasteiger partial charge is 0.407 e. The van der Waals surface area contributed by atoms with Crippen LogP contribution < -0.4 is 10.6 Å². The van der Waals surface area contributed by atoms with Crippen molar-refractivity contribution >= 4 is 24.0 Å². The fourth-order valence-electron chi connectivity index (χ4n) is 8.16. The van der Waals surface area contributed by atoms with Gasteiger partial charge in [0, 0.05) is 30.4 Å². The average molecular weight is 793 g/mol. The minimum atomic E-state index is -1.27. The third-order valence-corrected chi connectivity index (χ3v) is 11.0. The van der Waals surface area contributed by atoms with Gasteiger partial charge in [-0.1, -0.05) is 97.1 Å². The number of likely N-dealkylation sites (tertiary alicyclic amines) is 2. The van der Waals surface area contributed by atoms with E-state index < -0.39 is 24.3 Å². The number of aromatic nitrogens is 4. The van der Waals surface area contributed by atoms with Gasteiger partial charge in [-0.05, 0) is 60.1 Å². The largest absolute Gasteiger partial charge is 0.465 e. The first-order valence-corrected chi connectivity index (χ1v) is 19.6. The molecule has 0 unspecified atom stereocenters. The summed E-state index contributed by atoms with van der Waals surface area (Å²) in [6, 6.07) is 31.7. The average Bonchev–Trinajstić information content (AvgIpc) is 4.12. The molecule has 4 aromatic carbocycles. The molecule has 2 saturated heterocycles. The van der Waals surface area contributed by atoms with Gasteiger partial charge in [0.2, 0.25) is 0 Å². The zero-order chi connectivity index (χ0) is 40.9. The summed E-state index contributed by atoms with van der Waals surface area (Å²) in [5.41, 5.74) is 6.57. The van der Waals surface area contributed by atoms with Crippen LogP contribution in [-0.2, 0) is 14.3 Å². The molecule has 14 nitrogen and oxygen atoms in total. The summed E-state index contributed by atoms with van der Waals surface area (Å²) in [5, 5.41) is 14.7.